The van der Waals surface area contributed by atoms with Gasteiger partial charge in [0.15, 0.2) is 0 Å². The van der Waals surface area contributed by atoms with Crippen LogP contribution in [0.1, 0.15) is 31.2 Å². The number of amides is 1. The summed E-state index contributed by atoms with van der Waals surface area (Å²) in [5.74, 6) is -0.929. The van der Waals surface area contributed by atoms with Crippen molar-refractivity contribution in [3.8, 4) is 5.75 Å². The molecule has 1 spiro atoms. The highest BCUT2D eigenvalue weighted by Gasteiger charge is 2.54. The molecule has 0 bridgehead atoms. The van der Waals surface area contributed by atoms with E-state index in [-0.39, 0.29) is 6.09 Å². The van der Waals surface area contributed by atoms with E-state index in [1.54, 1.807) is 24.0 Å². The van der Waals surface area contributed by atoms with E-state index in [0.29, 0.717) is 38.3 Å². The Hall–Kier alpha value is -2.24. The van der Waals surface area contributed by atoms with Crippen LogP contribution in [0, 0.1) is 0 Å². The number of benzene rings is 1. The van der Waals surface area contributed by atoms with Gasteiger partial charge in [-0.1, -0.05) is 18.2 Å². The van der Waals surface area contributed by atoms with Crippen molar-refractivity contribution in [2.45, 2.75) is 31.3 Å². The van der Waals surface area contributed by atoms with E-state index in [2.05, 4.69) is 0 Å². The fourth-order valence-corrected chi connectivity index (χ4v) is 3.40. The third kappa shape index (κ3) is 2.28. The second-order valence-corrected chi connectivity index (χ2v) is 5.66. The van der Waals surface area contributed by atoms with Crippen molar-refractivity contribution in [3.63, 3.8) is 0 Å². The molecule has 6 nitrogen and oxygen atoms in total. The van der Waals surface area contributed by atoms with Gasteiger partial charge in [0, 0.05) is 31.5 Å². The molecule has 1 fully saturated rings. The molecule has 1 aromatic rings. The van der Waals surface area contributed by atoms with Crippen molar-refractivity contribution in [1.82, 2.24) is 4.90 Å². The van der Waals surface area contributed by atoms with Gasteiger partial charge in [0.25, 0.3) is 0 Å². The van der Waals surface area contributed by atoms with Crippen LogP contribution in [-0.2, 0) is 9.53 Å². The molecule has 0 aliphatic carbocycles. The Morgan fingerprint density at radius 2 is 2.05 bits per heavy atom. The number of likely N-dealkylation sites (tertiary alicyclic amines) is 1. The Bertz CT molecular complexity index is 592. The molecule has 3 rings (SSSR count). The second kappa shape index (κ2) is 5.51. The Morgan fingerprint density at radius 3 is 2.68 bits per heavy atom. The van der Waals surface area contributed by atoms with E-state index in [9.17, 15) is 14.7 Å². The normalized spacial score (nSPS) is 22.0. The second-order valence-electron chi connectivity index (χ2n) is 5.66. The fourth-order valence-electron chi connectivity index (χ4n) is 3.40. The monoisotopic (exact) mass is 305 g/mol. The minimum absolute atomic E-state index is 0.334. The first kappa shape index (κ1) is 14.7. The Kier molecular flexibility index (Phi) is 3.68. The molecule has 1 unspecified atom stereocenters. The van der Waals surface area contributed by atoms with Crippen LogP contribution in [0.5, 0.6) is 5.75 Å². The maximum atomic E-state index is 11.8. The molecule has 22 heavy (non-hydrogen) atoms. The number of hydrogen-bond donors (Lipinski definition) is 1. The number of rotatable bonds is 2. The Morgan fingerprint density at radius 1 is 1.36 bits per heavy atom. The summed E-state index contributed by atoms with van der Waals surface area (Å²) in [6, 6.07) is 7.27. The summed E-state index contributed by atoms with van der Waals surface area (Å²) in [6.07, 6.45) is 0.620. The van der Waals surface area contributed by atoms with Crippen LogP contribution >= 0.6 is 0 Å². The van der Waals surface area contributed by atoms with E-state index < -0.39 is 17.5 Å². The van der Waals surface area contributed by atoms with Crippen LogP contribution < -0.4 is 4.74 Å². The number of hydrogen-bond acceptors (Lipinski definition) is 4. The summed E-state index contributed by atoms with van der Waals surface area (Å²) >= 11 is 0. The number of carboxylic acid groups (broad SMARTS) is 1. The first-order valence-electron chi connectivity index (χ1n) is 7.50. The molecule has 2 aliphatic heterocycles. The van der Waals surface area contributed by atoms with Gasteiger partial charge in [0.2, 0.25) is 0 Å². The van der Waals surface area contributed by atoms with Crippen molar-refractivity contribution < 1.29 is 24.2 Å². The van der Waals surface area contributed by atoms with Gasteiger partial charge >= 0.3 is 12.1 Å². The summed E-state index contributed by atoms with van der Waals surface area (Å²) < 4.78 is 11.0. The average molecular weight is 305 g/mol. The summed E-state index contributed by atoms with van der Waals surface area (Å²) in [6.45, 7) is 2.98. The summed E-state index contributed by atoms with van der Waals surface area (Å²) in [5.41, 5.74) is -0.0435. The molecule has 6 heteroatoms. The quantitative estimate of drug-likeness (QED) is 0.907. The van der Waals surface area contributed by atoms with Crippen molar-refractivity contribution in [1.29, 1.82) is 0 Å². The van der Waals surface area contributed by atoms with Gasteiger partial charge in [-0.25, -0.2) is 4.79 Å². The topological polar surface area (TPSA) is 76.1 Å². The lowest BCUT2D eigenvalue weighted by atomic mass is 9.77. The molecule has 0 saturated carbocycles. The molecule has 1 amide bonds. The lowest BCUT2D eigenvalue weighted by Crippen LogP contribution is -2.52. The van der Waals surface area contributed by atoms with Gasteiger partial charge in [-0.2, -0.15) is 0 Å². The van der Waals surface area contributed by atoms with Gasteiger partial charge in [0.1, 0.15) is 17.3 Å². The van der Waals surface area contributed by atoms with Crippen LogP contribution in [0.2, 0.25) is 0 Å². The van der Waals surface area contributed by atoms with Crippen LogP contribution in [0.4, 0.5) is 4.79 Å². The minimum atomic E-state index is -0.880. The predicted molar refractivity (Wildman–Crippen MR) is 78.0 cm³/mol. The van der Waals surface area contributed by atoms with Gasteiger partial charge in [-0.15, -0.1) is 0 Å². The first-order valence-corrected chi connectivity index (χ1v) is 7.50. The van der Waals surface area contributed by atoms with Crippen molar-refractivity contribution in [3.05, 3.63) is 29.8 Å². The van der Waals surface area contributed by atoms with E-state index in [4.69, 9.17) is 9.47 Å². The lowest BCUT2D eigenvalue weighted by molar-refractivity contribution is -0.144. The lowest BCUT2D eigenvalue weighted by Gasteiger charge is -2.40. The molecule has 1 atom stereocenters. The number of aliphatic carboxylic acids is 1. The third-order valence-corrected chi connectivity index (χ3v) is 4.45. The predicted octanol–water partition coefficient (Wildman–Crippen LogP) is 2.24. The van der Waals surface area contributed by atoms with Crippen LogP contribution in [-0.4, -0.2) is 47.4 Å². The van der Waals surface area contributed by atoms with Crippen LogP contribution in [0.3, 0.4) is 0 Å². The molecule has 1 aromatic carbocycles. The molecular weight excluding hydrogens is 286 g/mol. The molecule has 0 radical (unpaired) electrons. The van der Waals surface area contributed by atoms with Crippen molar-refractivity contribution in [2.75, 3.05) is 19.7 Å². The molecule has 2 aliphatic rings. The summed E-state index contributed by atoms with van der Waals surface area (Å²) in [7, 11) is 0. The number of fused-ring (bicyclic) bond motifs is 1. The fraction of sp³-hybridized carbons (Fsp3) is 0.500. The van der Waals surface area contributed by atoms with Crippen molar-refractivity contribution >= 4 is 12.1 Å². The van der Waals surface area contributed by atoms with Crippen molar-refractivity contribution in [2.24, 2.45) is 0 Å². The molecule has 1 saturated heterocycles. The van der Waals surface area contributed by atoms with Gasteiger partial charge in [-0.3, -0.25) is 4.79 Å². The summed E-state index contributed by atoms with van der Waals surface area (Å²) in [5, 5.41) is 9.65. The smallest absolute Gasteiger partial charge is 0.409 e. The number of ether oxygens (including phenoxy) is 2. The number of carbonyl (C=O) groups excluding carboxylic acids is 1. The summed E-state index contributed by atoms with van der Waals surface area (Å²) in [4.78, 5) is 25.2. The van der Waals surface area contributed by atoms with E-state index in [0.717, 1.165) is 5.56 Å². The van der Waals surface area contributed by atoms with Gasteiger partial charge in [0.05, 0.1) is 6.61 Å². The highest BCUT2D eigenvalue weighted by atomic mass is 16.6. The zero-order valence-electron chi connectivity index (χ0n) is 12.4. The number of carbonyl (C=O) groups is 2. The molecule has 2 heterocycles. The van der Waals surface area contributed by atoms with Crippen LogP contribution in [0.25, 0.3) is 0 Å². The van der Waals surface area contributed by atoms with Gasteiger partial charge < -0.3 is 19.5 Å². The maximum Gasteiger partial charge on any atom is 0.409 e. The molecular formula is C16H19NO5. The Labute approximate surface area is 128 Å². The number of nitrogens with zero attached hydrogens (tertiary/aromatic N) is 1. The highest BCUT2D eigenvalue weighted by molar-refractivity contribution is 5.80. The zero-order valence-corrected chi connectivity index (χ0v) is 12.4. The number of carboxylic acids is 1. The molecule has 1 N–H and O–H groups in total. The number of para-hydroxylation sites is 1. The highest BCUT2D eigenvalue weighted by Crippen LogP contribution is 2.49. The first-order chi connectivity index (χ1) is 10.6. The molecule has 118 valence electrons. The Balaban J connectivity index is 1.81. The number of piperidine rings is 1. The maximum absolute atomic E-state index is 11.8. The third-order valence-electron chi connectivity index (χ3n) is 4.45. The van der Waals surface area contributed by atoms with E-state index in [1.165, 1.54) is 0 Å². The molecule has 0 aromatic heterocycles. The zero-order chi connectivity index (χ0) is 15.7. The SMILES string of the molecule is CCOC(=O)N1CCC2(CC1)Oc1ccccc1C2C(=O)O. The van der Waals surface area contributed by atoms with E-state index in [1.807, 2.05) is 12.1 Å². The van der Waals surface area contributed by atoms with E-state index >= 15 is 0 Å². The van der Waals surface area contributed by atoms with Crippen LogP contribution in [0.15, 0.2) is 24.3 Å². The van der Waals surface area contributed by atoms with Gasteiger partial charge in [-0.05, 0) is 13.0 Å². The standard InChI is InChI=1S/C16H19NO5/c1-2-21-15(20)17-9-7-16(8-10-17)13(14(18)19)11-5-3-4-6-12(11)22-16/h3-6,13H,2,7-10H2,1H3,(H,18,19). The average Bonchev–Trinajstić information content (AvgIpc) is 2.81. The largest absolute Gasteiger partial charge is 0.486 e. The minimum Gasteiger partial charge on any atom is -0.486 e.